The molecule has 1 saturated carbocycles. The van der Waals surface area contributed by atoms with Crippen LogP contribution in [0.4, 0.5) is 0 Å². The summed E-state index contributed by atoms with van der Waals surface area (Å²) < 4.78 is 7.56. The third-order valence-corrected chi connectivity index (χ3v) is 3.25. The van der Waals surface area contributed by atoms with Crippen molar-refractivity contribution in [2.75, 3.05) is 0 Å². The first kappa shape index (κ1) is 10.9. The van der Waals surface area contributed by atoms with Crippen LogP contribution in [0.5, 0.6) is 0 Å². The van der Waals surface area contributed by atoms with Gasteiger partial charge in [0.1, 0.15) is 17.6 Å². The van der Waals surface area contributed by atoms with E-state index >= 15 is 0 Å². The monoisotopic (exact) mass is 229 g/mol. The zero-order chi connectivity index (χ0) is 10.8. The Morgan fingerprint density at radius 1 is 1.67 bits per heavy atom. The standard InChI is InChI=1S/C10H16ClN3O/c1-14-9(11)5-13-10(14)6-15-8-3-2-7(12)4-8/h5,7-8H,2-4,6,12H2,1H3. The molecule has 1 aliphatic rings. The zero-order valence-electron chi connectivity index (χ0n) is 8.82. The van der Waals surface area contributed by atoms with E-state index in [1.807, 2.05) is 11.6 Å². The highest BCUT2D eigenvalue weighted by molar-refractivity contribution is 6.29. The summed E-state index contributed by atoms with van der Waals surface area (Å²) >= 11 is 5.87. The number of ether oxygens (including phenoxy) is 1. The summed E-state index contributed by atoms with van der Waals surface area (Å²) in [4.78, 5) is 4.17. The first-order valence-corrected chi connectivity index (χ1v) is 5.58. The lowest BCUT2D eigenvalue weighted by molar-refractivity contribution is 0.0397. The molecule has 84 valence electrons. The highest BCUT2D eigenvalue weighted by Gasteiger charge is 2.22. The average Bonchev–Trinajstić information content (AvgIpc) is 2.74. The van der Waals surface area contributed by atoms with Crippen molar-refractivity contribution >= 4 is 11.6 Å². The Morgan fingerprint density at radius 2 is 2.47 bits per heavy atom. The number of aromatic nitrogens is 2. The molecule has 0 spiro atoms. The molecule has 0 saturated heterocycles. The van der Waals surface area contributed by atoms with Gasteiger partial charge in [-0.2, -0.15) is 0 Å². The maximum Gasteiger partial charge on any atom is 0.135 e. The van der Waals surface area contributed by atoms with E-state index in [-0.39, 0.29) is 6.10 Å². The van der Waals surface area contributed by atoms with E-state index in [4.69, 9.17) is 22.1 Å². The smallest absolute Gasteiger partial charge is 0.135 e. The van der Waals surface area contributed by atoms with E-state index in [1.54, 1.807) is 6.20 Å². The molecule has 1 aliphatic carbocycles. The molecule has 1 aromatic heterocycles. The van der Waals surface area contributed by atoms with Gasteiger partial charge in [0.2, 0.25) is 0 Å². The lowest BCUT2D eigenvalue weighted by Gasteiger charge is -2.11. The Hall–Kier alpha value is -0.580. The van der Waals surface area contributed by atoms with E-state index in [0.717, 1.165) is 25.1 Å². The van der Waals surface area contributed by atoms with Gasteiger partial charge in [-0.15, -0.1) is 0 Å². The molecule has 2 unspecified atom stereocenters. The maximum absolute atomic E-state index is 5.87. The maximum atomic E-state index is 5.87. The summed E-state index contributed by atoms with van der Waals surface area (Å²) in [7, 11) is 1.88. The third-order valence-electron chi connectivity index (χ3n) is 2.90. The van der Waals surface area contributed by atoms with Crippen LogP contribution in [0, 0.1) is 0 Å². The molecule has 5 heteroatoms. The number of imidazole rings is 1. The lowest BCUT2D eigenvalue weighted by atomic mass is 10.3. The quantitative estimate of drug-likeness (QED) is 0.854. The zero-order valence-corrected chi connectivity index (χ0v) is 9.57. The molecule has 0 radical (unpaired) electrons. The first-order chi connectivity index (χ1) is 7.16. The van der Waals surface area contributed by atoms with Gasteiger partial charge < -0.3 is 15.0 Å². The highest BCUT2D eigenvalue weighted by atomic mass is 35.5. The summed E-state index contributed by atoms with van der Waals surface area (Å²) in [5.41, 5.74) is 5.81. The van der Waals surface area contributed by atoms with E-state index in [1.165, 1.54) is 0 Å². The Morgan fingerprint density at radius 3 is 3.00 bits per heavy atom. The SMILES string of the molecule is Cn1c(Cl)cnc1COC1CCC(N)C1. The fourth-order valence-corrected chi connectivity index (χ4v) is 2.02. The van der Waals surface area contributed by atoms with Crippen molar-refractivity contribution in [2.45, 2.75) is 38.0 Å². The number of hydrogen-bond donors (Lipinski definition) is 1. The van der Waals surface area contributed by atoms with Crippen molar-refractivity contribution in [2.24, 2.45) is 12.8 Å². The van der Waals surface area contributed by atoms with E-state index in [2.05, 4.69) is 4.98 Å². The molecule has 15 heavy (non-hydrogen) atoms. The topological polar surface area (TPSA) is 53.1 Å². The second kappa shape index (κ2) is 4.51. The predicted octanol–water partition coefficient (Wildman–Crippen LogP) is 1.47. The molecule has 2 rings (SSSR count). The van der Waals surface area contributed by atoms with Gasteiger partial charge in [0.05, 0.1) is 12.3 Å². The second-order valence-corrected chi connectivity index (χ2v) is 4.45. The molecule has 0 bridgehead atoms. The van der Waals surface area contributed by atoms with Gasteiger partial charge >= 0.3 is 0 Å². The van der Waals surface area contributed by atoms with Crippen LogP contribution in [0.3, 0.4) is 0 Å². The van der Waals surface area contributed by atoms with Crippen molar-refractivity contribution in [1.29, 1.82) is 0 Å². The Labute approximate surface area is 94.4 Å². The average molecular weight is 230 g/mol. The molecule has 0 aliphatic heterocycles. The van der Waals surface area contributed by atoms with Crippen molar-refractivity contribution < 1.29 is 4.74 Å². The van der Waals surface area contributed by atoms with Crippen molar-refractivity contribution in [3.8, 4) is 0 Å². The molecular formula is C10H16ClN3O. The minimum absolute atomic E-state index is 0.287. The van der Waals surface area contributed by atoms with Gasteiger partial charge in [0, 0.05) is 13.1 Å². The number of nitrogens with zero attached hydrogens (tertiary/aromatic N) is 2. The summed E-state index contributed by atoms with van der Waals surface area (Å²) in [5.74, 6) is 0.862. The number of rotatable bonds is 3. The van der Waals surface area contributed by atoms with Crippen LogP contribution >= 0.6 is 11.6 Å². The van der Waals surface area contributed by atoms with Crippen LogP contribution in [-0.2, 0) is 18.4 Å². The summed E-state index contributed by atoms with van der Waals surface area (Å²) in [6, 6.07) is 0.306. The summed E-state index contributed by atoms with van der Waals surface area (Å²) in [6.45, 7) is 0.514. The minimum atomic E-state index is 0.287. The molecular weight excluding hydrogens is 214 g/mol. The fraction of sp³-hybridized carbons (Fsp3) is 0.700. The van der Waals surface area contributed by atoms with Crippen LogP contribution in [-0.4, -0.2) is 21.7 Å². The molecule has 0 amide bonds. The first-order valence-electron chi connectivity index (χ1n) is 5.20. The van der Waals surface area contributed by atoms with Gasteiger partial charge in [-0.3, -0.25) is 0 Å². The van der Waals surface area contributed by atoms with Gasteiger partial charge in [-0.1, -0.05) is 11.6 Å². The Bertz CT molecular complexity index is 339. The molecule has 4 nitrogen and oxygen atoms in total. The van der Waals surface area contributed by atoms with Gasteiger partial charge in [-0.05, 0) is 19.3 Å². The highest BCUT2D eigenvalue weighted by Crippen LogP contribution is 2.21. The second-order valence-electron chi connectivity index (χ2n) is 4.06. The largest absolute Gasteiger partial charge is 0.370 e. The van der Waals surface area contributed by atoms with Gasteiger partial charge in [-0.25, -0.2) is 4.98 Å². The molecule has 1 aromatic rings. The van der Waals surface area contributed by atoms with Crippen molar-refractivity contribution in [1.82, 2.24) is 9.55 Å². The van der Waals surface area contributed by atoms with Gasteiger partial charge in [0.25, 0.3) is 0 Å². The van der Waals surface area contributed by atoms with Crippen LogP contribution < -0.4 is 5.73 Å². The fourth-order valence-electron chi connectivity index (χ4n) is 1.88. The van der Waals surface area contributed by atoms with Crippen LogP contribution in [0.15, 0.2) is 6.20 Å². The van der Waals surface area contributed by atoms with Gasteiger partial charge in [0.15, 0.2) is 0 Å². The number of halogens is 1. The number of hydrogen-bond acceptors (Lipinski definition) is 3. The van der Waals surface area contributed by atoms with Crippen molar-refractivity contribution in [3.05, 3.63) is 17.2 Å². The summed E-state index contributed by atoms with van der Waals surface area (Å²) in [6.07, 6.45) is 5.00. The Balaban J connectivity index is 1.85. The van der Waals surface area contributed by atoms with E-state index in [0.29, 0.717) is 17.8 Å². The number of nitrogens with two attached hydrogens (primary N) is 1. The van der Waals surface area contributed by atoms with Crippen molar-refractivity contribution in [3.63, 3.8) is 0 Å². The normalized spacial score (nSPS) is 26.1. The molecule has 2 N–H and O–H groups in total. The molecule has 2 atom stereocenters. The molecule has 1 fully saturated rings. The third kappa shape index (κ3) is 2.51. The minimum Gasteiger partial charge on any atom is -0.370 e. The van der Waals surface area contributed by atoms with Crippen LogP contribution in [0.2, 0.25) is 5.15 Å². The van der Waals surface area contributed by atoms with Crippen LogP contribution in [0.25, 0.3) is 0 Å². The van der Waals surface area contributed by atoms with Crippen LogP contribution in [0.1, 0.15) is 25.1 Å². The van der Waals surface area contributed by atoms with E-state index < -0.39 is 0 Å². The molecule has 1 heterocycles. The molecule has 0 aromatic carbocycles. The predicted molar refractivity (Wildman–Crippen MR) is 58.6 cm³/mol. The Kier molecular flexibility index (Phi) is 3.29. The van der Waals surface area contributed by atoms with E-state index in [9.17, 15) is 0 Å². The summed E-state index contributed by atoms with van der Waals surface area (Å²) in [5, 5.41) is 0.636. The lowest BCUT2D eigenvalue weighted by Crippen LogP contribution is -2.18.